The highest BCUT2D eigenvalue weighted by Gasteiger charge is 2.30. The van der Waals surface area contributed by atoms with Crippen LogP contribution >= 0.6 is 0 Å². The Labute approximate surface area is 185 Å². The van der Waals surface area contributed by atoms with Gasteiger partial charge in [-0.2, -0.15) is 0 Å². The van der Waals surface area contributed by atoms with Gasteiger partial charge in [-0.05, 0) is 70.4 Å². The molecule has 4 nitrogen and oxygen atoms in total. The molecule has 4 heteroatoms. The Morgan fingerprint density at radius 1 is 0.800 bits per heavy atom. The second kappa shape index (κ2) is 11.6. The molecule has 3 aliphatic rings. The van der Waals surface area contributed by atoms with Crippen LogP contribution in [0.5, 0.6) is 0 Å². The molecule has 1 unspecified atom stereocenters. The summed E-state index contributed by atoms with van der Waals surface area (Å²) >= 11 is 0. The highest BCUT2D eigenvalue weighted by Crippen LogP contribution is 2.27. The molecule has 0 radical (unpaired) electrons. The molecule has 1 aromatic carbocycles. The Morgan fingerprint density at radius 2 is 1.50 bits per heavy atom. The molecule has 3 fully saturated rings. The summed E-state index contributed by atoms with van der Waals surface area (Å²) < 4.78 is 0. The van der Waals surface area contributed by atoms with E-state index in [1.54, 1.807) is 0 Å². The third kappa shape index (κ3) is 6.06. The van der Waals surface area contributed by atoms with Crippen molar-refractivity contribution in [3.63, 3.8) is 0 Å². The molecule has 0 spiro atoms. The lowest BCUT2D eigenvalue weighted by Gasteiger charge is -2.44. The molecular weight excluding hydrogens is 368 g/mol. The van der Waals surface area contributed by atoms with Crippen LogP contribution in [-0.4, -0.2) is 91.1 Å². The van der Waals surface area contributed by atoms with Crippen molar-refractivity contribution in [3.05, 3.63) is 35.9 Å². The van der Waals surface area contributed by atoms with Crippen LogP contribution in [0.4, 0.5) is 0 Å². The zero-order valence-electron chi connectivity index (χ0n) is 19.4. The fourth-order valence-electron chi connectivity index (χ4n) is 5.78. The van der Waals surface area contributed by atoms with Gasteiger partial charge in [-0.3, -0.25) is 4.90 Å². The fraction of sp³-hybridized carbons (Fsp3) is 0.769. The van der Waals surface area contributed by atoms with Gasteiger partial charge in [-0.25, -0.2) is 0 Å². The first kappa shape index (κ1) is 22.3. The summed E-state index contributed by atoms with van der Waals surface area (Å²) in [4.78, 5) is 11.0. The van der Waals surface area contributed by atoms with E-state index in [9.17, 15) is 0 Å². The molecule has 0 aromatic heterocycles. The number of nitrogens with zero attached hydrogens (tertiary/aromatic N) is 4. The second-order valence-corrected chi connectivity index (χ2v) is 9.79. The van der Waals surface area contributed by atoms with E-state index in [0.717, 1.165) is 6.04 Å². The van der Waals surface area contributed by atoms with E-state index in [4.69, 9.17) is 0 Å². The maximum Gasteiger partial charge on any atom is 0.0476 e. The molecule has 168 valence electrons. The molecule has 4 rings (SSSR count). The molecule has 3 saturated heterocycles. The average molecular weight is 413 g/mol. The van der Waals surface area contributed by atoms with Gasteiger partial charge >= 0.3 is 0 Å². The Morgan fingerprint density at radius 3 is 2.17 bits per heavy atom. The van der Waals surface area contributed by atoms with Crippen LogP contribution in [0.3, 0.4) is 0 Å². The van der Waals surface area contributed by atoms with Crippen molar-refractivity contribution in [2.24, 2.45) is 0 Å². The normalized spacial score (nSPS) is 24.8. The monoisotopic (exact) mass is 412 g/mol. The highest BCUT2D eigenvalue weighted by molar-refractivity contribution is 5.20. The molecule has 0 saturated carbocycles. The van der Waals surface area contributed by atoms with Gasteiger partial charge in [0.1, 0.15) is 0 Å². The van der Waals surface area contributed by atoms with Gasteiger partial charge in [0.25, 0.3) is 0 Å². The van der Waals surface area contributed by atoms with Gasteiger partial charge in [0, 0.05) is 44.8 Å². The molecule has 0 N–H and O–H groups in total. The molecule has 0 bridgehead atoms. The van der Waals surface area contributed by atoms with E-state index >= 15 is 0 Å². The van der Waals surface area contributed by atoms with Gasteiger partial charge in [0.2, 0.25) is 0 Å². The van der Waals surface area contributed by atoms with Crippen LogP contribution in [-0.2, 0) is 0 Å². The second-order valence-electron chi connectivity index (χ2n) is 9.79. The molecular formula is C26H44N4. The Bertz CT molecular complexity index is 584. The summed E-state index contributed by atoms with van der Waals surface area (Å²) in [6, 6.07) is 12.7. The number of unbranched alkanes of at least 4 members (excludes halogenated alkanes) is 1. The van der Waals surface area contributed by atoms with Gasteiger partial charge in [0.15, 0.2) is 0 Å². The van der Waals surface area contributed by atoms with Gasteiger partial charge in [-0.15, -0.1) is 0 Å². The van der Waals surface area contributed by atoms with E-state index in [-0.39, 0.29) is 0 Å². The molecule has 30 heavy (non-hydrogen) atoms. The molecule has 1 atom stereocenters. The van der Waals surface area contributed by atoms with Gasteiger partial charge in [0.05, 0.1) is 0 Å². The first-order valence-electron chi connectivity index (χ1n) is 12.8. The summed E-state index contributed by atoms with van der Waals surface area (Å²) in [6.45, 7) is 14.9. The standard InChI is InChI=1S/C26H44N4/c1-2-3-14-27-19-21-30(22-20-27)26(24-10-6-4-7-11-24)23-28-17-12-25(13-18-28)29-15-8-5-9-16-29/h4,6-7,10-11,25-26H,2-3,5,8-9,12-23H2,1H3. The minimum absolute atomic E-state index is 0.547. The summed E-state index contributed by atoms with van der Waals surface area (Å²) in [6.07, 6.45) is 9.66. The minimum atomic E-state index is 0.547. The van der Waals surface area contributed by atoms with Crippen LogP contribution in [0.25, 0.3) is 0 Å². The number of piperidine rings is 2. The lowest BCUT2D eigenvalue weighted by molar-refractivity contribution is 0.0509. The Hall–Kier alpha value is -0.940. The molecule has 1 aromatic rings. The van der Waals surface area contributed by atoms with E-state index in [1.165, 1.54) is 116 Å². The van der Waals surface area contributed by atoms with Crippen molar-refractivity contribution in [1.29, 1.82) is 0 Å². The van der Waals surface area contributed by atoms with Crippen molar-refractivity contribution >= 4 is 0 Å². The van der Waals surface area contributed by atoms with Crippen molar-refractivity contribution in [2.75, 3.05) is 65.4 Å². The molecule has 0 aliphatic carbocycles. The maximum atomic E-state index is 2.80. The minimum Gasteiger partial charge on any atom is -0.301 e. The number of hydrogen-bond donors (Lipinski definition) is 0. The number of hydrogen-bond acceptors (Lipinski definition) is 4. The lowest BCUT2D eigenvalue weighted by atomic mass is 9.98. The number of benzene rings is 1. The molecule has 0 amide bonds. The summed E-state index contributed by atoms with van der Waals surface area (Å²) in [5.41, 5.74) is 1.51. The van der Waals surface area contributed by atoms with Gasteiger partial charge in [-0.1, -0.05) is 50.1 Å². The smallest absolute Gasteiger partial charge is 0.0476 e. The van der Waals surface area contributed by atoms with Crippen LogP contribution < -0.4 is 0 Å². The zero-order valence-corrected chi connectivity index (χ0v) is 19.4. The predicted octanol–water partition coefficient (Wildman–Crippen LogP) is 4.10. The van der Waals surface area contributed by atoms with E-state index < -0.39 is 0 Å². The first-order valence-corrected chi connectivity index (χ1v) is 12.8. The predicted molar refractivity (Wildman–Crippen MR) is 127 cm³/mol. The quantitative estimate of drug-likeness (QED) is 0.637. The lowest BCUT2D eigenvalue weighted by Crippen LogP contribution is -2.51. The summed E-state index contributed by atoms with van der Waals surface area (Å²) in [7, 11) is 0. The van der Waals surface area contributed by atoms with Crippen LogP contribution in [0.15, 0.2) is 30.3 Å². The maximum absolute atomic E-state index is 2.80. The van der Waals surface area contributed by atoms with Crippen LogP contribution in [0.2, 0.25) is 0 Å². The number of rotatable bonds is 8. The van der Waals surface area contributed by atoms with Crippen LogP contribution in [0.1, 0.15) is 63.5 Å². The fourth-order valence-corrected chi connectivity index (χ4v) is 5.78. The summed E-state index contributed by atoms with van der Waals surface area (Å²) in [5.74, 6) is 0. The van der Waals surface area contributed by atoms with Crippen molar-refractivity contribution in [3.8, 4) is 0 Å². The number of piperazine rings is 1. The SMILES string of the molecule is CCCCN1CCN(C(CN2CCC(N3CCCCC3)CC2)c2ccccc2)CC1. The third-order valence-corrected chi connectivity index (χ3v) is 7.76. The Kier molecular flexibility index (Phi) is 8.62. The van der Waals surface area contributed by atoms with E-state index in [2.05, 4.69) is 56.9 Å². The average Bonchev–Trinajstić information content (AvgIpc) is 2.83. The van der Waals surface area contributed by atoms with Crippen LogP contribution in [0, 0.1) is 0 Å². The Balaban J connectivity index is 1.32. The van der Waals surface area contributed by atoms with Crippen molar-refractivity contribution < 1.29 is 0 Å². The largest absolute Gasteiger partial charge is 0.301 e. The van der Waals surface area contributed by atoms with Crippen molar-refractivity contribution in [1.82, 2.24) is 19.6 Å². The third-order valence-electron chi connectivity index (χ3n) is 7.76. The van der Waals surface area contributed by atoms with Crippen molar-refractivity contribution in [2.45, 2.75) is 64.0 Å². The first-order chi connectivity index (χ1) is 14.8. The van der Waals surface area contributed by atoms with E-state index in [0.29, 0.717) is 6.04 Å². The zero-order chi connectivity index (χ0) is 20.6. The molecule has 3 heterocycles. The summed E-state index contributed by atoms with van der Waals surface area (Å²) in [5, 5.41) is 0. The molecule has 3 aliphatic heterocycles. The van der Waals surface area contributed by atoms with E-state index in [1.807, 2.05) is 0 Å². The topological polar surface area (TPSA) is 13.0 Å². The number of likely N-dealkylation sites (tertiary alicyclic amines) is 2. The van der Waals surface area contributed by atoms with Gasteiger partial charge < -0.3 is 14.7 Å². The highest BCUT2D eigenvalue weighted by atomic mass is 15.3.